The maximum atomic E-state index is 12.4. The number of nitrogens with one attached hydrogen (secondary N) is 2. The highest BCUT2D eigenvalue weighted by atomic mass is 16.1. The highest BCUT2D eigenvalue weighted by molar-refractivity contribution is 5.97. The topological polar surface area (TPSA) is 54.0 Å². The minimum Gasteiger partial charge on any atom is -0.381 e. The smallest absolute Gasteiger partial charge is 0.251 e. The number of carbonyl (C=O) groups excluding carboxylic acids is 1. The maximum Gasteiger partial charge on any atom is 0.251 e. The zero-order valence-corrected chi connectivity index (χ0v) is 15.4. The molecule has 1 amide bonds. The minimum absolute atomic E-state index is 0.0861. The standard InChI is InChI=1S/C24H21N3O/c28-24(21-10-13-23-20(15-21)7-4-14-25-23)27-17-19-8-11-22(12-9-19)26-16-18-5-2-1-3-6-18/h1-15,26H,16-17H2,(H,27,28). The predicted molar refractivity (Wildman–Crippen MR) is 113 cm³/mol. The van der Waals surface area contributed by atoms with Crippen molar-refractivity contribution in [3.05, 3.63) is 108 Å². The van der Waals surface area contributed by atoms with E-state index in [0.29, 0.717) is 12.1 Å². The first-order valence-electron chi connectivity index (χ1n) is 9.28. The molecule has 138 valence electrons. The van der Waals surface area contributed by atoms with Crippen LogP contribution in [0.1, 0.15) is 21.5 Å². The van der Waals surface area contributed by atoms with Crippen molar-refractivity contribution < 1.29 is 4.79 Å². The molecule has 4 rings (SSSR count). The second-order valence-corrected chi connectivity index (χ2v) is 6.63. The van der Waals surface area contributed by atoms with Crippen molar-refractivity contribution >= 4 is 22.5 Å². The lowest BCUT2D eigenvalue weighted by molar-refractivity contribution is 0.0951. The largest absolute Gasteiger partial charge is 0.381 e. The van der Waals surface area contributed by atoms with Crippen molar-refractivity contribution in [2.45, 2.75) is 13.1 Å². The monoisotopic (exact) mass is 367 g/mol. The van der Waals surface area contributed by atoms with Crippen molar-refractivity contribution in [3.8, 4) is 0 Å². The molecule has 0 aliphatic rings. The molecule has 2 N–H and O–H groups in total. The number of anilines is 1. The summed E-state index contributed by atoms with van der Waals surface area (Å²) in [7, 11) is 0. The quantitative estimate of drug-likeness (QED) is 0.516. The molecule has 4 aromatic rings. The van der Waals surface area contributed by atoms with Gasteiger partial charge in [0, 0.05) is 35.9 Å². The van der Waals surface area contributed by atoms with Crippen LogP contribution in [0.3, 0.4) is 0 Å². The van der Waals surface area contributed by atoms with E-state index in [1.807, 2.05) is 66.7 Å². The third-order valence-electron chi connectivity index (χ3n) is 4.61. The molecule has 3 aromatic carbocycles. The van der Waals surface area contributed by atoms with Crippen LogP contribution in [-0.2, 0) is 13.1 Å². The molecule has 0 atom stereocenters. The fraction of sp³-hybridized carbons (Fsp3) is 0.0833. The van der Waals surface area contributed by atoms with Gasteiger partial charge in [0.1, 0.15) is 0 Å². The van der Waals surface area contributed by atoms with E-state index in [4.69, 9.17) is 0 Å². The van der Waals surface area contributed by atoms with Crippen LogP contribution in [0.25, 0.3) is 10.9 Å². The van der Waals surface area contributed by atoms with Crippen molar-refractivity contribution in [1.29, 1.82) is 0 Å². The first-order chi connectivity index (χ1) is 13.8. The Bertz CT molecular complexity index is 1080. The fourth-order valence-corrected chi connectivity index (χ4v) is 3.04. The lowest BCUT2D eigenvalue weighted by Crippen LogP contribution is -2.22. The summed E-state index contributed by atoms with van der Waals surface area (Å²) in [6, 6.07) is 27.8. The summed E-state index contributed by atoms with van der Waals surface area (Å²) in [5.41, 5.74) is 4.88. The Morgan fingerprint density at radius 1 is 0.786 bits per heavy atom. The number of pyridine rings is 1. The molecule has 1 heterocycles. The Morgan fingerprint density at radius 3 is 2.39 bits per heavy atom. The summed E-state index contributed by atoms with van der Waals surface area (Å²) in [6.45, 7) is 1.27. The zero-order valence-electron chi connectivity index (χ0n) is 15.4. The van der Waals surface area contributed by atoms with Crippen LogP contribution in [-0.4, -0.2) is 10.9 Å². The van der Waals surface area contributed by atoms with Gasteiger partial charge in [-0.25, -0.2) is 0 Å². The third kappa shape index (κ3) is 4.35. The van der Waals surface area contributed by atoms with Gasteiger partial charge in [-0.2, -0.15) is 0 Å². The van der Waals surface area contributed by atoms with E-state index in [-0.39, 0.29) is 5.91 Å². The minimum atomic E-state index is -0.0861. The highest BCUT2D eigenvalue weighted by Gasteiger charge is 2.06. The van der Waals surface area contributed by atoms with Crippen LogP contribution in [0.5, 0.6) is 0 Å². The van der Waals surface area contributed by atoms with Crippen molar-refractivity contribution in [2.24, 2.45) is 0 Å². The number of amides is 1. The Kier molecular flexibility index (Phi) is 5.29. The molecule has 0 unspecified atom stereocenters. The van der Waals surface area contributed by atoms with Crippen LogP contribution in [0.2, 0.25) is 0 Å². The molecule has 28 heavy (non-hydrogen) atoms. The number of rotatable bonds is 6. The van der Waals surface area contributed by atoms with Gasteiger partial charge in [-0.3, -0.25) is 9.78 Å². The summed E-state index contributed by atoms with van der Waals surface area (Å²) in [5.74, 6) is -0.0861. The van der Waals surface area contributed by atoms with Gasteiger partial charge in [0.25, 0.3) is 5.91 Å². The number of fused-ring (bicyclic) bond motifs is 1. The van der Waals surface area contributed by atoms with Gasteiger partial charge in [-0.15, -0.1) is 0 Å². The molecular weight excluding hydrogens is 346 g/mol. The van der Waals surface area contributed by atoms with Gasteiger partial charge < -0.3 is 10.6 Å². The maximum absolute atomic E-state index is 12.4. The Labute approximate surface area is 164 Å². The average Bonchev–Trinajstić information content (AvgIpc) is 2.77. The molecule has 0 saturated carbocycles. The van der Waals surface area contributed by atoms with Crippen LogP contribution in [0.15, 0.2) is 91.1 Å². The normalized spacial score (nSPS) is 10.6. The number of hydrogen-bond donors (Lipinski definition) is 2. The van der Waals surface area contributed by atoms with Crippen molar-refractivity contribution in [1.82, 2.24) is 10.3 Å². The van der Waals surface area contributed by atoms with E-state index in [1.165, 1.54) is 5.56 Å². The lowest BCUT2D eigenvalue weighted by atomic mass is 10.1. The molecule has 1 aromatic heterocycles. The Hall–Kier alpha value is -3.66. The number of nitrogens with zero attached hydrogens (tertiary/aromatic N) is 1. The second-order valence-electron chi connectivity index (χ2n) is 6.63. The number of carbonyl (C=O) groups is 1. The molecule has 0 saturated heterocycles. The Morgan fingerprint density at radius 2 is 1.57 bits per heavy atom. The lowest BCUT2D eigenvalue weighted by Gasteiger charge is -2.09. The van der Waals surface area contributed by atoms with Crippen LogP contribution in [0.4, 0.5) is 5.69 Å². The summed E-state index contributed by atoms with van der Waals surface area (Å²) >= 11 is 0. The van der Waals surface area contributed by atoms with Crippen LogP contribution < -0.4 is 10.6 Å². The van der Waals surface area contributed by atoms with E-state index < -0.39 is 0 Å². The number of hydrogen-bond acceptors (Lipinski definition) is 3. The average molecular weight is 367 g/mol. The zero-order chi connectivity index (χ0) is 19.2. The number of benzene rings is 3. The van der Waals surface area contributed by atoms with E-state index in [9.17, 15) is 4.79 Å². The molecule has 0 aliphatic heterocycles. The van der Waals surface area contributed by atoms with Gasteiger partial charge in [0.2, 0.25) is 0 Å². The van der Waals surface area contributed by atoms with E-state index >= 15 is 0 Å². The molecule has 0 bridgehead atoms. The van der Waals surface area contributed by atoms with Gasteiger partial charge in [-0.1, -0.05) is 48.5 Å². The highest BCUT2D eigenvalue weighted by Crippen LogP contribution is 2.14. The summed E-state index contributed by atoms with van der Waals surface area (Å²) in [4.78, 5) is 16.7. The second kappa shape index (κ2) is 8.35. The van der Waals surface area contributed by atoms with Gasteiger partial charge >= 0.3 is 0 Å². The molecule has 0 radical (unpaired) electrons. The van der Waals surface area contributed by atoms with Gasteiger partial charge in [0.05, 0.1) is 5.52 Å². The summed E-state index contributed by atoms with van der Waals surface area (Å²) in [6.07, 6.45) is 1.75. The van der Waals surface area contributed by atoms with Crippen LogP contribution in [0, 0.1) is 0 Å². The van der Waals surface area contributed by atoms with Crippen molar-refractivity contribution in [2.75, 3.05) is 5.32 Å². The Balaban J connectivity index is 1.33. The van der Waals surface area contributed by atoms with E-state index in [0.717, 1.165) is 28.7 Å². The summed E-state index contributed by atoms with van der Waals surface area (Å²) < 4.78 is 0. The third-order valence-corrected chi connectivity index (χ3v) is 4.61. The SMILES string of the molecule is O=C(NCc1ccc(NCc2ccccc2)cc1)c1ccc2ncccc2c1. The molecule has 4 nitrogen and oxygen atoms in total. The summed E-state index contributed by atoms with van der Waals surface area (Å²) in [5, 5.41) is 7.34. The van der Waals surface area contributed by atoms with Gasteiger partial charge in [-0.05, 0) is 47.5 Å². The van der Waals surface area contributed by atoms with Crippen molar-refractivity contribution in [3.63, 3.8) is 0 Å². The van der Waals surface area contributed by atoms with Gasteiger partial charge in [0.15, 0.2) is 0 Å². The molecule has 0 spiro atoms. The molecular formula is C24H21N3O. The fourth-order valence-electron chi connectivity index (χ4n) is 3.04. The first-order valence-corrected chi connectivity index (χ1v) is 9.28. The molecule has 0 aliphatic carbocycles. The molecule has 0 fully saturated rings. The number of aromatic nitrogens is 1. The first kappa shape index (κ1) is 17.7. The molecule has 4 heteroatoms. The van der Waals surface area contributed by atoms with E-state index in [2.05, 4.69) is 27.8 Å². The van der Waals surface area contributed by atoms with E-state index in [1.54, 1.807) is 12.3 Å². The van der Waals surface area contributed by atoms with Crippen LogP contribution >= 0.6 is 0 Å². The predicted octanol–water partition coefficient (Wildman–Crippen LogP) is 4.78.